The maximum absolute atomic E-state index is 13.4. The third-order valence-electron chi connectivity index (χ3n) is 4.32. The minimum atomic E-state index is -0.868. The quantitative estimate of drug-likeness (QED) is 0.732. The minimum absolute atomic E-state index is 0.179. The molecule has 25 heavy (non-hydrogen) atoms. The van der Waals surface area contributed by atoms with Crippen molar-refractivity contribution in [2.24, 2.45) is 4.99 Å². The standard InChI is InChI=1S/C17H13F2N5S/c1-10-17(11-2-5-13(18)6-3-11,12-4-7-15(19)20-8-12)23-16(22-10)14-9-21-25-24-14/h2-10H,1H3,(H,22,23)/t10-,17?/m0/s1. The highest BCUT2D eigenvalue weighted by atomic mass is 32.1. The van der Waals surface area contributed by atoms with E-state index in [9.17, 15) is 8.78 Å². The highest BCUT2D eigenvalue weighted by molar-refractivity contribution is 6.99. The van der Waals surface area contributed by atoms with Crippen molar-refractivity contribution in [1.29, 1.82) is 0 Å². The van der Waals surface area contributed by atoms with Crippen LogP contribution in [-0.4, -0.2) is 25.6 Å². The van der Waals surface area contributed by atoms with Gasteiger partial charge in [-0.1, -0.05) is 18.2 Å². The first-order valence-corrected chi connectivity index (χ1v) is 8.35. The van der Waals surface area contributed by atoms with Crippen LogP contribution in [0.25, 0.3) is 0 Å². The Kier molecular flexibility index (Phi) is 3.76. The van der Waals surface area contributed by atoms with Crippen LogP contribution in [-0.2, 0) is 5.54 Å². The molecule has 126 valence electrons. The largest absolute Gasteiger partial charge is 0.363 e. The molecule has 0 saturated heterocycles. The molecule has 1 aliphatic heterocycles. The zero-order valence-electron chi connectivity index (χ0n) is 13.1. The number of amidine groups is 1. The highest BCUT2D eigenvalue weighted by Gasteiger charge is 2.45. The summed E-state index contributed by atoms with van der Waals surface area (Å²) >= 11 is 1.09. The van der Waals surface area contributed by atoms with Crippen molar-refractivity contribution >= 4 is 17.6 Å². The van der Waals surface area contributed by atoms with Crippen LogP contribution < -0.4 is 5.32 Å². The van der Waals surface area contributed by atoms with Gasteiger partial charge in [0.2, 0.25) is 5.95 Å². The van der Waals surface area contributed by atoms with Gasteiger partial charge < -0.3 is 5.32 Å². The molecule has 0 fully saturated rings. The fraction of sp³-hybridized carbons (Fsp3) is 0.176. The zero-order valence-corrected chi connectivity index (χ0v) is 14.0. The van der Waals surface area contributed by atoms with Crippen molar-refractivity contribution < 1.29 is 8.78 Å². The molecule has 3 heterocycles. The number of nitrogens with zero attached hydrogens (tertiary/aromatic N) is 4. The summed E-state index contributed by atoms with van der Waals surface area (Å²) in [4.78, 5) is 8.64. The maximum atomic E-state index is 13.4. The molecule has 2 aromatic heterocycles. The lowest BCUT2D eigenvalue weighted by atomic mass is 9.79. The Balaban J connectivity index is 1.93. The van der Waals surface area contributed by atoms with Crippen LogP contribution in [0.2, 0.25) is 0 Å². The molecule has 4 rings (SSSR count). The normalized spacial score (nSPS) is 22.5. The Morgan fingerprint density at radius 1 is 1.04 bits per heavy atom. The van der Waals surface area contributed by atoms with E-state index >= 15 is 0 Å². The van der Waals surface area contributed by atoms with Crippen molar-refractivity contribution in [1.82, 2.24) is 19.0 Å². The minimum Gasteiger partial charge on any atom is -0.363 e. The molecule has 0 aliphatic carbocycles. The van der Waals surface area contributed by atoms with E-state index in [2.05, 4.69) is 19.0 Å². The second-order valence-corrected chi connectivity index (χ2v) is 6.32. The van der Waals surface area contributed by atoms with Crippen LogP contribution in [0.1, 0.15) is 23.7 Å². The van der Waals surface area contributed by atoms with Gasteiger partial charge in [-0.05, 0) is 30.7 Å². The second kappa shape index (κ2) is 5.96. The number of rotatable bonds is 3. The number of hydrogen-bond acceptors (Lipinski definition) is 6. The Labute approximate surface area is 146 Å². The Morgan fingerprint density at radius 2 is 1.80 bits per heavy atom. The smallest absolute Gasteiger partial charge is 0.212 e. The fourth-order valence-electron chi connectivity index (χ4n) is 3.12. The average molecular weight is 357 g/mol. The lowest BCUT2D eigenvalue weighted by Crippen LogP contribution is -2.41. The average Bonchev–Trinajstić information content (AvgIpc) is 3.25. The Morgan fingerprint density at radius 3 is 2.44 bits per heavy atom. The van der Waals surface area contributed by atoms with Crippen molar-refractivity contribution in [3.05, 3.63) is 77.4 Å². The first-order valence-electron chi connectivity index (χ1n) is 7.62. The van der Waals surface area contributed by atoms with Gasteiger partial charge in [-0.2, -0.15) is 13.1 Å². The van der Waals surface area contributed by atoms with Crippen LogP contribution in [0.3, 0.4) is 0 Å². The SMILES string of the molecule is C[C@@H]1NC(c2cnsn2)=NC1(c1ccc(F)cc1)c1ccc(F)nc1. The number of aromatic nitrogens is 3. The first kappa shape index (κ1) is 15.8. The van der Waals surface area contributed by atoms with Gasteiger partial charge in [-0.25, -0.2) is 14.4 Å². The van der Waals surface area contributed by atoms with Gasteiger partial charge in [0, 0.05) is 11.8 Å². The molecular weight excluding hydrogens is 344 g/mol. The summed E-state index contributed by atoms with van der Waals surface area (Å²) in [5, 5.41) is 3.31. The predicted octanol–water partition coefficient (Wildman–Crippen LogP) is 2.89. The van der Waals surface area contributed by atoms with Crippen LogP contribution in [0, 0.1) is 11.8 Å². The second-order valence-electron chi connectivity index (χ2n) is 5.76. The summed E-state index contributed by atoms with van der Waals surface area (Å²) in [6.07, 6.45) is 3.09. The monoisotopic (exact) mass is 357 g/mol. The summed E-state index contributed by atoms with van der Waals surface area (Å²) in [7, 11) is 0. The third kappa shape index (κ3) is 2.58. The maximum Gasteiger partial charge on any atom is 0.212 e. The van der Waals surface area contributed by atoms with Crippen LogP contribution in [0.4, 0.5) is 8.78 Å². The molecule has 1 aromatic carbocycles. The molecule has 0 radical (unpaired) electrons. The highest BCUT2D eigenvalue weighted by Crippen LogP contribution is 2.40. The Hall–Kier alpha value is -2.74. The molecule has 0 bridgehead atoms. The number of nitrogens with one attached hydrogen (secondary N) is 1. The van der Waals surface area contributed by atoms with Gasteiger partial charge in [-0.15, -0.1) is 0 Å². The van der Waals surface area contributed by atoms with E-state index in [1.807, 2.05) is 6.92 Å². The topological polar surface area (TPSA) is 63.1 Å². The molecule has 1 unspecified atom stereocenters. The van der Waals surface area contributed by atoms with Crippen molar-refractivity contribution in [3.8, 4) is 0 Å². The van der Waals surface area contributed by atoms with Gasteiger partial charge in [0.25, 0.3) is 0 Å². The fourth-order valence-corrected chi connectivity index (χ4v) is 3.53. The molecule has 2 atom stereocenters. The number of hydrogen-bond donors (Lipinski definition) is 1. The van der Waals surface area contributed by atoms with Gasteiger partial charge in [-0.3, -0.25) is 0 Å². The summed E-state index contributed by atoms with van der Waals surface area (Å²) < 4.78 is 35.0. The van der Waals surface area contributed by atoms with E-state index in [0.29, 0.717) is 17.1 Å². The van der Waals surface area contributed by atoms with E-state index in [1.54, 1.807) is 24.4 Å². The van der Waals surface area contributed by atoms with Crippen molar-refractivity contribution in [2.45, 2.75) is 18.5 Å². The summed E-state index contributed by atoms with van der Waals surface area (Å²) in [5.74, 6) is -0.304. The molecule has 1 aliphatic rings. The van der Waals surface area contributed by atoms with Gasteiger partial charge in [0.05, 0.1) is 24.0 Å². The molecular formula is C17H13F2N5S. The van der Waals surface area contributed by atoms with Crippen LogP contribution in [0.15, 0.2) is 53.8 Å². The molecule has 5 nitrogen and oxygen atoms in total. The molecule has 0 amide bonds. The van der Waals surface area contributed by atoms with E-state index in [-0.39, 0.29) is 11.9 Å². The number of aliphatic imine (C=N–C) groups is 1. The van der Waals surface area contributed by atoms with Gasteiger partial charge in [0.15, 0.2) is 5.84 Å². The Bertz CT molecular complexity index is 862. The molecule has 3 aromatic rings. The van der Waals surface area contributed by atoms with Gasteiger partial charge in [0.1, 0.15) is 17.1 Å². The number of benzene rings is 1. The number of pyridine rings is 1. The summed E-state index contributed by atoms with van der Waals surface area (Å²) in [5.41, 5.74) is 1.25. The summed E-state index contributed by atoms with van der Waals surface area (Å²) in [6.45, 7) is 1.96. The van der Waals surface area contributed by atoms with Crippen molar-refractivity contribution in [3.63, 3.8) is 0 Å². The van der Waals surface area contributed by atoms with E-state index < -0.39 is 11.5 Å². The van der Waals surface area contributed by atoms with E-state index in [0.717, 1.165) is 17.3 Å². The summed E-state index contributed by atoms with van der Waals surface area (Å²) in [6, 6.07) is 8.91. The van der Waals surface area contributed by atoms with Gasteiger partial charge >= 0.3 is 0 Å². The lowest BCUT2D eigenvalue weighted by Gasteiger charge is -2.31. The van der Waals surface area contributed by atoms with E-state index in [4.69, 9.17) is 4.99 Å². The molecule has 0 spiro atoms. The van der Waals surface area contributed by atoms with Crippen LogP contribution >= 0.6 is 11.7 Å². The molecule has 0 saturated carbocycles. The number of halogens is 2. The predicted molar refractivity (Wildman–Crippen MR) is 90.4 cm³/mol. The third-order valence-corrected chi connectivity index (χ3v) is 4.80. The zero-order chi connectivity index (χ0) is 17.4. The molecule has 1 N–H and O–H groups in total. The van der Waals surface area contributed by atoms with E-state index in [1.165, 1.54) is 24.4 Å². The van der Waals surface area contributed by atoms with Crippen molar-refractivity contribution in [2.75, 3.05) is 0 Å². The van der Waals surface area contributed by atoms with Crippen LogP contribution in [0.5, 0.6) is 0 Å². The molecule has 8 heteroatoms. The lowest BCUT2D eigenvalue weighted by molar-refractivity contribution is 0.449. The first-order chi connectivity index (χ1) is 12.1.